The summed E-state index contributed by atoms with van der Waals surface area (Å²) >= 11 is 0. The largest absolute Gasteiger partial charge is 0.494 e. The zero-order chi connectivity index (χ0) is 13.6. The highest BCUT2D eigenvalue weighted by atomic mass is 32.2. The van der Waals surface area contributed by atoms with Crippen LogP contribution in [0.5, 0.6) is 5.75 Å². The number of nitrogens with one attached hydrogen (secondary N) is 1. The number of nitrogens with two attached hydrogens (primary N) is 1. The second-order valence-corrected chi connectivity index (χ2v) is 5.89. The smallest absolute Gasteiger partial charge is 0.238 e. The third kappa shape index (κ3) is 5.48. The molecule has 0 saturated heterocycles. The summed E-state index contributed by atoms with van der Waals surface area (Å²) in [6.07, 6.45) is 0.898. The predicted octanol–water partition coefficient (Wildman–Crippen LogP) is 1.10. The maximum Gasteiger partial charge on any atom is 0.238 e. The number of ether oxygens (including phenoxy) is 1. The van der Waals surface area contributed by atoms with Gasteiger partial charge >= 0.3 is 0 Å². The van der Waals surface area contributed by atoms with Gasteiger partial charge in [-0.1, -0.05) is 13.8 Å². The molecule has 0 saturated carbocycles. The van der Waals surface area contributed by atoms with Gasteiger partial charge in [0.2, 0.25) is 10.0 Å². The maximum absolute atomic E-state index is 11.0. The van der Waals surface area contributed by atoms with Crippen molar-refractivity contribution in [2.24, 2.45) is 5.14 Å². The Morgan fingerprint density at radius 2 is 1.89 bits per heavy atom. The number of primary sulfonamides is 1. The monoisotopic (exact) mass is 272 g/mol. The zero-order valence-electron chi connectivity index (χ0n) is 10.7. The minimum Gasteiger partial charge on any atom is -0.494 e. The van der Waals surface area contributed by atoms with Crippen LogP contribution >= 0.6 is 0 Å². The van der Waals surface area contributed by atoms with Gasteiger partial charge in [-0.3, -0.25) is 0 Å². The van der Waals surface area contributed by atoms with E-state index in [1.807, 2.05) is 0 Å². The van der Waals surface area contributed by atoms with Gasteiger partial charge in [-0.2, -0.15) is 0 Å². The summed E-state index contributed by atoms with van der Waals surface area (Å²) in [5, 5.41) is 8.28. The molecular weight excluding hydrogens is 252 g/mol. The molecule has 0 fully saturated rings. The number of hydrogen-bond donors (Lipinski definition) is 2. The molecule has 1 aromatic carbocycles. The molecule has 0 unspecified atom stereocenters. The third-order valence-electron chi connectivity index (χ3n) is 2.29. The molecule has 5 nitrogen and oxygen atoms in total. The fraction of sp³-hybridized carbons (Fsp3) is 0.500. The summed E-state index contributed by atoms with van der Waals surface area (Å²) < 4.78 is 27.6. The average Bonchev–Trinajstić information content (AvgIpc) is 2.27. The van der Waals surface area contributed by atoms with E-state index in [0.29, 0.717) is 18.4 Å². The summed E-state index contributed by atoms with van der Waals surface area (Å²) in [7, 11) is -3.62. The Bertz CT molecular complexity index is 455. The lowest BCUT2D eigenvalue weighted by Gasteiger charge is -2.09. The van der Waals surface area contributed by atoms with E-state index in [4.69, 9.17) is 9.88 Å². The highest BCUT2D eigenvalue weighted by Gasteiger charge is 2.06. The fourth-order valence-electron chi connectivity index (χ4n) is 1.38. The fourth-order valence-corrected chi connectivity index (χ4v) is 1.89. The molecule has 0 heterocycles. The number of rotatable bonds is 7. The quantitative estimate of drug-likeness (QED) is 0.728. The molecule has 0 spiro atoms. The van der Waals surface area contributed by atoms with E-state index in [0.717, 1.165) is 13.0 Å². The van der Waals surface area contributed by atoms with Crippen molar-refractivity contribution in [3.05, 3.63) is 24.3 Å². The van der Waals surface area contributed by atoms with Crippen LogP contribution in [-0.2, 0) is 10.0 Å². The van der Waals surface area contributed by atoms with Crippen LogP contribution < -0.4 is 15.2 Å². The molecule has 0 atom stereocenters. The second kappa shape index (κ2) is 6.72. The van der Waals surface area contributed by atoms with Crippen LogP contribution in [0.4, 0.5) is 0 Å². The van der Waals surface area contributed by atoms with E-state index in [1.54, 1.807) is 12.1 Å². The molecule has 0 aliphatic rings. The van der Waals surface area contributed by atoms with Gasteiger partial charge in [0.05, 0.1) is 11.5 Å². The molecule has 0 bridgehead atoms. The van der Waals surface area contributed by atoms with Crippen molar-refractivity contribution in [1.82, 2.24) is 5.32 Å². The van der Waals surface area contributed by atoms with Gasteiger partial charge in [-0.15, -0.1) is 0 Å². The Morgan fingerprint density at radius 1 is 1.28 bits per heavy atom. The van der Waals surface area contributed by atoms with Gasteiger partial charge in [0.25, 0.3) is 0 Å². The summed E-state index contributed by atoms with van der Waals surface area (Å²) in [6, 6.07) is 6.57. The van der Waals surface area contributed by atoms with E-state index >= 15 is 0 Å². The van der Waals surface area contributed by atoms with Gasteiger partial charge < -0.3 is 10.1 Å². The van der Waals surface area contributed by atoms with Crippen LogP contribution in [0, 0.1) is 0 Å². The molecule has 0 aliphatic carbocycles. The summed E-state index contributed by atoms with van der Waals surface area (Å²) in [5.74, 6) is 0.645. The number of sulfonamides is 1. The molecule has 0 aromatic heterocycles. The van der Waals surface area contributed by atoms with Crippen molar-refractivity contribution >= 4 is 10.0 Å². The standard InChI is InChI=1S/C12H20N2O3S/c1-10(2)14-8-3-9-17-11-4-6-12(7-5-11)18(13,15)16/h4-7,10,14H,3,8-9H2,1-2H3,(H2,13,15,16). The van der Waals surface area contributed by atoms with Gasteiger partial charge in [0.1, 0.15) is 5.75 Å². The summed E-state index contributed by atoms with van der Waals surface area (Å²) in [5.41, 5.74) is 0. The lowest BCUT2D eigenvalue weighted by Crippen LogP contribution is -2.24. The van der Waals surface area contributed by atoms with Crippen LogP contribution in [0.25, 0.3) is 0 Å². The van der Waals surface area contributed by atoms with E-state index in [2.05, 4.69) is 19.2 Å². The van der Waals surface area contributed by atoms with Crippen LogP contribution in [-0.4, -0.2) is 27.6 Å². The van der Waals surface area contributed by atoms with Gasteiger partial charge in [0.15, 0.2) is 0 Å². The van der Waals surface area contributed by atoms with Crippen molar-refractivity contribution in [2.75, 3.05) is 13.2 Å². The van der Waals surface area contributed by atoms with Crippen molar-refractivity contribution in [1.29, 1.82) is 0 Å². The van der Waals surface area contributed by atoms with Gasteiger partial charge in [-0.05, 0) is 37.2 Å². The molecule has 0 radical (unpaired) electrons. The Morgan fingerprint density at radius 3 is 2.39 bits per heavy atom. The zero-order valence-corrected chi connectivity index (χ0v) is 11.5. The first kappa shape index (κ1) is 14.9. The molecular formula is C12H20N2O3S. The van der Waals surface area contributed by atoms with Crippen LogP contribution in [0.2, 0.25) is 0 Å². The molecule has 1 rings (SSSR count). The van der Waals surface area contributed by atoms with E-state index < -0.39 is 10.0 Å². The molecule has 3 N–H and O–H groups in total. The highest BCUT2D eigenvalue weighted by Crippen LogP contribution is 2.14. The van der Waals surface area contributed by atoms with Crippen molar-refractivity contribution in [3.8, 4) is 5.75 Å². The predicted molar refractivity (Wildman–Crippen MR) is 71.1 cm³/mol. The topological polar surface area (TPSA) is 81.4 Å². The number of hydrogen-bond acceptors (Lipinski definition) is 4. The molecule has 0 amide bonds. The average molecular weight is 272 g/mol. The lowest BCUT2D eigenvalue weighted by molar-refractivity contribution is 0.306. The van der Waals surface area contributed by atoms with Gasteiger partial charge in [-0.25, -0.2) is 13.6 Å². The molecule has 0 aliphatic heterocycles. The Labute approximate surface area is 108 Å². The number of benzene rings is 1. The lowest BCUT2D eigenvalue weighted by atomic mass is 10.3. The van der Waals surface area contributed by atoms with E-state index in [1.165, 1.54) is 12.1 Å². The normalized spacial score (nSPS) is 11.8. The van der Waals surface area contributed by atoms with E-state index in [9.17, 15) is 8.42 Å². The molecule has 18 heavy (non-hydrogen) atoms. The van der Waals surface area contributed by atoms with Crippen LogP contribution in [0.3, 0.4) is 0 Å². The summed E-state index contributed by atoms with van der Waals surface area (Å²) in [6.45, 7) is 5.67. The SMILES string of the molecule is CC(C)NCCCOc1ccc(S(N)(=O)=O)cc1. The highest BCUT2D eigenvalue weighted by molar-refractivity contribution is 7.89. The summed E-state index contributed by atoms with van der Waals surface area (Å²) in [4.78, 5) is 0.0938. The second-order valence-electron chi connectivity index (χ2n) is 4.33. The first-order valence-electron chi connectivity index (χ1n) is 5.88. The van der Waals surface area contributed by atoms with Crippen molar-refractivity contribution in [2.45, 2.75) is 31.2 Å². The van der Waals surface area contributed by atoms with Crippen LogP contribution in [0.1, 0.15) is 20.3 Å². The minimum absolute atomic E-state index is 0.0938. The molecule has 1 aromatic rings. The Balaban J connectivity index is 2.36. The molecule has 6 heteroatoms. The first-order valence-corrected chi connectivity index (χ1v) is 7.43. The van der Waals surface area contributed by atoms with E-state index in [-0.39, 0.29) is 4.90 Å². The molecule has 102 valence electrons. The Hall–Kier alpha value is -1.11. The van der Waals surface area contributed by atoms with Crippen molar-refractivity contribution < 1.29 is 13.2 Å². The van der Waals surface area contributed by atoms with Crippen molar-refractivity contribution in [3.63, 3.8) is 0 Å². The minimum atomic E-state index is -3.62. The third-order valence-corrected chi connectivity index (χ3v) is 3.22. The van der Waals surface area contributed by atoms with Gasteiger partial charge in [0, 0.05) is 6.04 Å². The maximum atomic E-state index is 11.0. The van der Waals surface area contributed by atoms with Crippen LogP contribution in [0.15, 0.2) is 29.2 Å². The first-order chi connectivity index (χ1) is 8.39. The Kier molecular flexibility index (Phi) is 5.58.